The average molecular weight is 313 g/mol. The number of aryl methyl sites for hydroxylation is 1. The topological polar surface area (TPSA) is 59.3 Å². The van der Waals surface area contributed by atoms with Crippen LogP contribution in [0.25, 0.3) is 10.9 Å². The van der Waals surface area contributed by atoms with Gasteiger partial charge in [0.25, 0.3) is 5.69 Å². The fraction of sp³-hybridized carbons (Fsp3) is 0.357. The van der Waals surface area contributed by atoms with Gasteiger partial charge >= 0.3 is 6.18 Å². The summed E-state index contributed by atoms with van der Waals surface area (Å²) >= 11 is 0. The van der Waals surface area contributed by atoms with Gasteiger partial charge in [0, 0.05) is 36.4 Å². The first-order valence-corrected chi connectivity index (χ1v) is 6.51. The van der Waals surface area contributed by atoms with Crippen LogP contribution in [-0.4, -0.2) is 29.7 Å². The summed E-state index contributed by atoms with van der Waals surface area (Å²) in [4.78, 5) is 16.1. The molecule has 22 heavy (non-hydrogen) atoms. The highest BCUT2D eigenvalue weighted by Crippen LogP contribution is 2.32. The van der Waals surface area contributed by atoms with E-state index >= 15 is 0 Å². The summed E-state index contributed by atoms with van der Waals surface area (Å²) in [6, 6.07) is 6.07. The van der Waals surface area contributed by atoms with Gasteiger partial charge in [0.1, 0.15) is 0 Å². The molecule has 0 unspecified atom stereocenters. The summed E-state index contributed by atoms with van der Waals surface area (Å²) in [6.07, 6.45) is -5.21. The number of hydrogen-bond donors (Lipinski definition) is 0. The first kappa shape index (κ1) is 16.0. The van der Waals surface area contributed by atoms with Crippen molar-refractivity contribution in [3.63, 3.8) is 0 Å². The third-order valence-electron chi connectivity index (χ3n) is 3.26. The Bertz CT molecular complexity index is 716. The Balaban J connectivity index is 2.50. The van der Waals surface area contributed by atoms with Crippen LogP contribution in [0.1, 0.15) is 12.1 Å². The number of anilines is 1. The predicted octanol–water partition coefficient (Wildman–Crippen LogP) is 3.84. The van der Waals surface area contributed by atoms with E-state index in [2.05, 4.69) is 4.98 Å². The van der Waals surface area contributed by atoms with Gasteiger partial charge in [-0.1, -0.05) is 12.1 Å². The van der Waals surface area contributed by atoms with E-state index in [1.54, 1.807) is 19.1 Å². The fourth-order valence-corrected chi connectivity index (χ4v) is 2.22. The summed E-state index contributed by atoms with van der Waals surface area (Å²) in [7, 11) is 1.53. The first-order chi connectivity index (χ1) is 10.2. The SMILES string of the molecule is Cc1cc(N(C)CCC(F)(F)F)c2cccc([N+](=O)[O-])c2n1. The molecule has 1 heterocycles. The van der Waals surface area contributed by atoms with Crippen molar-refractivity contribution in [1.82, 2.24) is 4.98 Å². The van der Waals surface area contributed by atoms with Gasteiger partial charge in [0.05, 0.1) is 11.3 Å². The minimum Gasteiger partial charge on any atom is -0.374 e. The van der Waals surface area contributed by atoms with Crippen LogP contribution in [0.4, 0.5) is 24.5 Å². The van der Waals surface area contributed by atoms with Crippen LogP contribution in [0.3, 0.4) is 0 Å². The van der Waals surface area contributed by atoms with Crippen LogP contribution in [0.2, 0.25) is 0 Å². The molecule has 5 nitrogen and oxygen atoms in total. The number of aromatic nitrogens is 1. The van der Waals surface area contributed by atoms with Crippen LogP contribution < -0.4 is 4.90 Å². The molecule has 0 fully saturated rings. The van der Waals surface area contributed by atoms with E-state index in [4.69, 9.17) is 0 Å². The van der Waals surface area contributed by atoms with E-state index in [9.17, 15) is 23.3 Å². The number of para-hydroxylation sites is 1. The Kier molecular flexibility index (Phi) is 4.20. The molecule has 2 rings (SSSR count). The minimum atomic E-state index is -4.25. The molecular formula is C14H14F3N3O2. The average Bonchev–Trinajstić information content (AvgIpc) is 2.42. The molecule has 0 saturated carbocycles. The molecule has 0 aliphatic heterocycles. The maximum Gasteiger partial charge on any atom is 0.390 e. The number of hydrogen-bond acceptors (Lipinski definition) is 4. The zero-order valence-electron chi connectivity index (χ0n) is 12.0. The second-order valence-electron chi connectivity index (χ2n) is 5.00. The number of nitro groups is 1. The summed E-state index contributed by atoms with van der Waals surface area (Å²) < 4.78 is 37.1. The number of nitrogens with zero attached hydrogens (tertiary/aromatic N) is 3. The van der Waals surface area contributed by atoms with Crippen molar-refractivity contribution in [3.8, 4) is 0 Å². The van der Waals surface area contributed by atoms with E-state index in [1.165, 1.54) is 24.1 Å². The van der Waals surface area contributed by atoms with Crippen LogP contribution >= 0.6 is 0 Å². The predicted molar refractivity (Wildman–Crippen MR) is 77.1 cm³/mol. The van der Waals surface area contributed by atoms with Crippen molar-refractivity contribution in [2.45, 2.75) is 19.5 Å². The Labute approximate surface area is 124 Å². The molecular weight excluding hydrogens is 299 g/mol. The van der Waals surface area contributed by atoms with Crippen molar-refractivity contribution < 1.29 is 18.1 Å². The zero-order chi connectivity index (χ0) is 16.5. The standard InChI is InChI=1S/C14H14F3N3O2/c1-9-8-12(19(2)7-6-14(15,16)17)10-4-3-5-11(20(21)22)13(10)18-9/h3-5,8H,6-7H2,1-2H3. The Morgan fingerprint density at radius 1 is 1.36 bits per heavy atom. The molecule has 118 valence electrons. The molecule has 0 aliphatic rings. The molecule has 0 amide bonds. The largest absolute Gasteiger partial charge is 0.390 e. The molecule has 0 radical (unpaired) electrons. The van der Waals surface area contributed by atoms with E-state index in [0.717, 1.165) is 0 Å². The van der Waals surface area contributed by atoms with Crippen molar-refractivity contribution in [2.75, 3.05) is 18.5 Å². The number of alkyl halides is 3. The number of rotatable bonds is 4. The summed E-state index contributed by atoms with van der Waals surface area (Å²) in [5, 5.41) is 11.5. The third kappa shape index (κ3) is 3.44. The van der Waals surface area contributed by atoms with Crippen molar-refractivity contribution in [2.24, 2.45) is 0 Å². The Morgan fingerprint density at radius 2 is 2.05 bits per heavy atom. The van der Waals surface area contributed by atoms with Gasteiger partial charge in [0.15, 0.2) is 5.52 Å². The summed E-state index contributed by atoms with van der Waals surface area (Å²) in [6.45, 7) is 1.42. The Morgan fingerprint density at radius 3 is 2.64 bits per heavy atom. The lowest BCUT2D eigenvalue weighted by atomic mass is 10.1. The number of non-ortho nitro benzene ring substituents is 1. The van der Waals surface area contributed by atoms with Crippen molar-refractivity contribution >= 4 is 22.3 Å². The molecule has 0 saturated heterocycles. The van der Waals surface area contributed by atoms with Gasteiger partial charge in [-0.3, -0.25) is 10.1 Å². The van der Waals surface area contributed by atoms with E-state index in [1.807, 2.05) is 0 Å². The van der Waals surface area contributed by atoms with Gasteiger partial charge in [-0.05, 0) is 13.0 Å². The number of benzene rings is 1. The molecule has 2 aromatic rings. The lowest BCUT2D eigenvalue weighted by molar-refractivity contribution is -0.383. The summed E-state index contributed by atoms with van der Waals surface area (Å²) in [5.74, 6) is 0. The first-order valence-electron chi connectivity index (χ1n) is 6.51. The number of nitro benzene ring substituents is 1. The second kappa shape index (κ2) is 5.78. The minimum absolute atomic E-state index is 0.160. The molecule has 0 aliphatic carbocycles. The van der Waals surface area contributed by atoms with Gasteiger partial charge in [-0.15, -0.1) is 0 Å². The molecule has 1 aromatic heterocycles. The monoisotopic (exact) mass is 313 g/mol. The number of pyridine rings is 1. The van der Waals surface area contributed by atoms with Crippen molar-refractivity contribution in [3.05, 3.63) is 40.1 Å². The molecule has 0 bridgehead atoms. The van der Waals surface area contributed by atoms with E-state index in [0.29, 0.717) is 16.8 Å². The van der Waals surface area contributed by atoms with Gasteiger partial charge in [0.2, 0.25) is 0 Å². The Hall–Kier alpha value is -2.38. The van der Waals surface area contributed by atoms with E-state index < -0.39 is 17.5 Å². The van der Waals surface area contributed by atoms with Crippen molar-refractivity contribution in [1.29, 1.82) is 0 Å². The number of fused-ring (bicyclic) bond motifs is 1. The lowest BCUT2D eigenvalue weighted by Crippen LogP contribution is -2.24. The fourth-order valence-electron chi connectivity index (χ4n) is 2.22. The quantitative estimate of drug-likeness (QED) is 0.635. The maximum atomic E-state index is 12.4. The molecule has 1 aromatic carbocycles. The third-order valence-corrected chi connectivity index (χ3v) is 3.26. The maximum absolute atomic E-state index is 12.4. The zero-order valence-corrected chi connectivity index (χ0v) is 12.0. The summed E-state index contributed by atoms with van der Waals surface area (Å²) in [5.41, 5.74) is 1.03. The lowest BCUT2D eigenvalue weighted by Gasteiger charge is -2.22. The molecule has 8 heteroatoms. The van der Waals surface area contributed by atoms with Crippen LogP contribution in [-0.2, 0) is 0 Å². The van der Waals surface area contributed by atoms with Gasteiger partial charge in [-0.25, -0.2) is 4.98 Å². The highest BCUT2D eigenvalue weighted by atomic mass is 19.4. The molecule has 0 N–H and O–H groups in total. The van der Waals surface area contributed by atoms with Crippen LogP contribution in [0, 0.1) is 17.0 Å². The van der Waals surface area contributed by atoms with Crippen LogP contribution in [0.15, 0.2) is 24.3 Å². The normalized spacial score (nSPS) is 11.7. The van der Waals surface area contributed by atoms with Gasteiger partial charge in [-0.2, -0.15) is 13.2 Å². The molecule has 0 spiro atoms. The van der Waals surface area contributed by atoms with E-state index in [-0.39, 0.29) is 17.7 Å². The highest BCUT2D eigenvalue weighted by molar-refractivity contribution is 5.97. The number of halogens is 3. The second-order valence-corrected chi connectivity index (χ2v) is 5.00. The smallest absolute Gasteiger partial charge is 0.374 e. The van der Waals surface area contributed by atoms with Gasteiger partial charge < -0.3 is 4.90 Å². The molecule has 0 atom stereocenters. The van der Waals surface area contributed by atoms with Crippen LogP contribution in [0.5, 0.6) is 0 Å². The highest BCUT2D eigenvalue weighted by Gasteiger charge is 2.27.